The highest BCUT2D eigenvalue weighted by Gasteiger charge is 2.11. The number of ketones is 1. The van der Waals surface area contributed by atoms with E-state index < -0.39 is 0 Å². The third-order valence-electron chi connectivity index (χ3n) is 4.08. The second-order valence-electron chi connectivity index (χ2n) is 5.73. The molecule has 1 heterocycles. The van der Waals surface area contributed by atoms with Gasteiger partial charge >= 0.3 is 0 Å². The number of rotatable bonds is 8. The second kappa shape index (κ2) is 10.6. The lowest BCUT2D eigenvalue weighted by atomic mass is 10.1. The molecule has 0 N–H and O–H groups in total. The van der Waals surface area contributed by atoms with Crippen molar-refractivity contribution in [1.82, 2.24) is 4.90 Å². The highest BCUT2D eigenvalue weighted by Crippen LogP contribution is 2.20. The number of ether oxygens (including phenoxy) is 1. The number of unbranched alkanes of at least 4 members (excludes halogenated alkanes) is 1. The summed E-state index contributed by atoms with van der Waals surface area (Å²) in [6.07, 6.45) is 6.83. The predicted octanol–water partition coefficient (Wildman–Crippen LogP) is 4.35. The van der Waals surface area contributed by atoms with Gasteiger partial charge in [0.15, 0.2) is 5.78 Å². The van der Waals surface area contributed by atoms with Gasteiger partial charge in [0, 0.05) is 6.42 Å². The van der Waals surface area contributed by atoms with Crippen LogP contribution in [0.5, 0.6) is 5.75 Å². The summed E-state index contributed by atoms with van der Waals surface area (Å²) < 4.78 is 5.81. The number of Topliss-reactive ketones (excluding diaryl/α,β-unsaturated/α-hetero) is 1. The third kappa shape index (κ3) is 5.98. The van der Waals surface area contributed by atoms with Gasteiger partial charge in [0.25, 0.3) is 0 Å². The Morgan fingerprint density at radius 3 is 2.59 bits per heavy atom. The molecule has 1 aliphatic rings. The zero-order valence-corrected chi connectivity index (χ0v) is 14.4. The van der Waals surface area contributed by atoms with Crippen molar-refractivity contribution < 1.29 is 9.53 Å². The summed E-state index contributed by atoms with van der Waals surface area (Å²) in [5.74, 6) is 0.890. The van der Waals surface area contributed by atoms with Crippen LogP contribution in [0.1, 0.15) is 55.8 Å². The highest BCUT2D eigenvalue weighted by atomic mass is 35.5. The number of piperidine rings is 1. The largest absolute Gasteiger partial charge is 0.493 e. The molecule has 2 rings (SSSR count). The van der Waals surface area contributed by atoms with Crippen LogP contribution in [0.3, 0.4) is 0 Å². The van der Waals surface area contributed by atoms with E-state index in [1.54, 1.807) is 0 Å². The Hall–Kier alpha value is -1.06. The number of halogens is 1. The maximum Gasteiger partial charge on any atom is 0.166 e. The molecular weight excluding hydrogens is 298 g/mol. The Balaban J connectivity index is 0.00000242. The molecule has 22 heavy (non-hydrogen) atoms. The van der Waals surface area contributed by atoms with Gasteiger partial charge in [0.05, 0.1) is 12.2 Å². The highest BCUT2D eigenvalue weighted by molar-refractivity contribution is 5.98. The number of nitrogens with zero attached hydrogens (tertiary/aromatic N) is 1. The quantitative estimate of drug-likeness (QED) is 0.526. The lowest BCUT2D eigenvalue weighted by Gasteiger charge is -2.26. The van der Waals surface area contributed by atoms with E-state index >= 15 is 0 Å². The van der Waals surface area contributed by atoms with Gasteiger partial charge in [0.2, 0.25) is 0 Å². The van der Waals surface area contributed by atoms with E-state index in [0.717, 1.165) is 17.7 Å². The van der Waals surface area contributed by atoms with Crippen LogP contribution in [0.4, 0.5) is 0 Å². The Bertz CT molecular complexity index is 444. The Kier molecular flexibility index (Phi) is 9.17. The molecule has 0 saturated carbocycles. The number of hydrogen-bond donors (Lipinski definition) is 0. The lowest BCUT2D eigenvalue weighted by molar-refractivity contribution is 0.0984. The summed E-state index contributed by atoms with van der Waals surface area (Å²) in [4.78, 5) is 14.4. The van der Waals surface area contributed by atoms with Crippen LogP contribution in [-0.2, 0) is 0 Å². The summed E-state index contributed by atoms with van der Waals surface area (Å²) in [6.45, 7) is 6.28. The van der Waals surface area contributed by atoms with E-state index in [4.69, 9.17) is 4.74 Å². The molecule has 1 aromatic rings. The van der Waals surface area contributed by atoms with Crippen LogP contribution in [0, 0.1) is 0 Å². The van der Waals surface area contributed by atoms with Crippen molar-refractivity contribution in [2.24, 2.45) is 0 Å². The predicted molar refractivity (Wildman–Crippen MR) is 93.3 cm³/mol. The van der Waals surface area contributed by atoms with Gasteiger partial charge in [-0.1, -0.05) is 25.5 Å². The van der Waals surface area contributed by atoms with Gasteiger partial charge in [-0.05, 0) is 57.5 Å². The molecule has 124 valence electrons. The minimum Gasteiger partial charge on any atom is -0.493 e. The second-order valence-corrected chi connectivity index (χ2v) is 5.73. The van der Waals surface area contributed by atoms with E-state index in [1.807, 2.05) is 31.2 Å². The average Bonchev–Trinajstić information content (AvgIpc) is 2.55. The molecule has 4 heteroatoms. The first kappa shape index (κ1) is 19.0. The molecule has 0 unspecified atom stereocenters. The van der Waals surface area contributed by atoms with Crippen molar-refractivity contribution in [2.45, 2.75) is 45.4 Å². The maximum atomic E-state index is 11.8. The van der Waals surface area contributed by atoms with Crippen LogP contribution in [0.15, 0.2) is 24.3 Å². The summed E-state index contributed by atoms with van der Waals surface area (Å²) in [5, 5.41) is 0. The summed E-state index contributed by atoms with van der Waals surface area (Å²) >= 11 is 0. The van der Waals surface area contributed by atoms with Gasteiger partial charge in [0.1, 0.15) is 5.75 Å². The fraction of sp³-hybridized carbons (Fsp3) is 0.611. The van der Waals surface area contributed by atoms with Crippen molar-refractivity contribution in [1.29, 1.82) is 0 Å². The van der Waals surface area contributed by atoms with E-state index in [-0.39, 0.29) is 18.2 Å². The standard InChI is InChI=1S/C18H27NO2.ClH/c1-2-17(20)16-10-4-5-11-18(16)21-15-9-8-14-19-12-6-3-7-13-19;/h4-5,10-11H,2-3,6-9,12-15H2,1H3;1H. The van der Waals surface area contributed by atoms with Crippen LogP contribution in [0.25, 0.3) is 0 Å². The monoisotopic (exact) mass is 325 g/mol. The molecule has 1 aliphatic heterocycles. The maximum absolute atomic E-state index is 11.8. The first-order valence-electron chi connectivity index (χ1n) is 8.28. The number of carbonyl (C=O) groups is 1. The Morgan fingerprint density at radius 2 is 1.86 bits per heavy atom. The zero-order chi connectivity index (χ0) is 14.9. The summed E-state index contributed by atoms with van der Waals surface area (Å²) in [5.41, 5.74) is 0.719. The minimum absolute atomic E-state index is 0. The van der Waals surface area contributed by atoms with Gasteiger partial charge < -0.3 is 9.64 Å². The molecule has 0 radical (unpaired) electrons. The molecule has 0 atom stereocenters. The first-order chi connectivity index (χ1) is 10.3. The van der Waals surface area contributed by atoms with Crippen molar-refractivity contribution in [3.05, 3.63) is 29.8 Å². The van der Waals surface area contributed by atoms with Crippen LogP contribution < -0.4 is 4.74 Å². The number of carbonyl (C=O) groups excluding carboxylic acids is 1. The van der Waals surface area contributed by atoms with Gasteiger partial charge in [-0.2, -0.15) is 0 Å². The molecule has 0 spiro atoms. The van der Waals surface area contributed by atoms with E-state index in [9.17, 15) is 4.79 Å². The normalized spacial score (nSPS) is 15.1. The molecule has 0 amide bonds. The smallest absolute Gasteiger partial charge is 0.166 e. The number of likely N-dealkylation sites (tertiary alicyclic amines) is 1. The number of benzene rings is 1. The van der Waals surface area contributed by atoms with E-state index in [1.165, 1.54) is 45.3 Å². The average molecular weight is 326 g/mol. The van der Waals surface area contributed by atoms with Crippen molar-refractivity contribution in [2.75, 3.05) is 26.2 Å². The molecular formula is C18H28ClNO2. The summed E-state index contributed by atoms with van der Waals surface area (Å²) in [6, 6.07) is 7.57. The molecule has 0 aliphatic carbocycles. The molecule has 0 bridgehead atoms. The molecule has 1 fully saturated rings. The zero-order valence-electron chi connectivity index (χ0n) is 13.6. The third-order valence-corrected chi connectivity index (χ3v) is 4.08. The Morgan fingerprint density at radius 1 is 1.14 bits per heavy atom. The van der Waals surface area contributed by atoms with Crippen molar-refractivity contribution >= 4 is 18.2 Å². The molecule has 1 aromatic carbocycles. The van der Waals surface area contributed by atoms with Crippen LogP contribution >= 0.6 is 12.4 Å². The molecule has 1 saturated heterocycles. The molecule has 0 aromatic heterocycles. The van der Waals surface area contributed by atoms with Gasteiger partial charge in [-0.3, -0.25) is 4.79 Å². The van der Waals surface area contributed by atoms with E-state index in [2.05, 4.69) is 4.90 Å². The lowest BCUT2D eigenvalue weighted by Crippen LogP contribution is -2.30. The van der Waals surface area contributed by atoms with Crippen molar-refractivity contribution in [3.8, 4) is 5.75 Å². The SMILES string of the molecule is CCC(=O)c1ccccc1OCCCCN1CCCCC1.Cl. The van der Waals surface area contributed by atoms with Crippen LogP contribution in [0.2, 0.25) is 0 Å². The van der Waals surface area contributed by atoms with Crippen LogP contribution in [-0.4, -0.2) is 36.9 Å². The minimum atomic E-state index is 0. The van der Waals surface area contributed by atoms with Crippen molar-refractivity contribution in [3.63, 3.8) is 0 Å². The number of para-hydroxylation sites is 1. The van der Waals surface area contributed by atoms with Gasteiger partial charge in [-0.25, -0.2) is 0 Å². The molecule has 3 nitrogen and oxygen atoms in total. The first-order valence-corrected chi connectivity index (χ1v) is 8.28. The van der Waals surface area contributed by atoms with Gasteiger partial charge in [-0.15, -0.1) is 12.4 Å². The fourth-order valence-electron chi connectivity index (χ4n) is 2.82. The summed E-state index contributed by atoms with van der Waals surface area (Å²) in [7, 11) is 0. The fourth-order valence-corrected chi connectivity index (χ4v) is 2.82. The number of hydrogen-bond acceptors (Lipinski definition) is 3. The van der Waals surface area contributed by atoms with E-state index in [0.29, 0.717) is 13.0 Å². The Labute approximate surface area is 140 Å². The topological polar surface area (TPSA) is 29.5 Å².